The van der Waals surface area contributed by atoms with E-state index in [1.807, 2.05) is 54.6 Å². The van der Waals surface area contributed by atoms with Gasteiger partial charge in [0.2, 0.25) is 11.8 Å². The predicted molar refractivity (Wildman–Crippen MR) is 139 cm³/mol. The minimum atomic E-state index is -0.151. The van der Waals surface area contributed by atoms with E-state index in [4.69, 9.17) is 4.74 Å². The molecular weight excluding hydrogens is 454 g/mol. The molecule has 3 amide bonds. The lowest BCUT2D eigenvalue weighted by atomic mass is 10.1. The van der Waals surface area contributed by atoms with Crippen LogP contribution >= 0.6 is 0 Å². The number of carbonyl (C=O) groups is 3. The van der Waals surface area contributed by atoms with Crippen molar-refractivity contribution in [2.75, 3.05) is 38.2 Å². The van der Waals surface area contributed by atoms with E-state index in [2.05, 4.69) is 0 Å². The molecule has 0 unspecified atom stereocenters. The zero-order valence-corrected chi connectivity index (χ0v) is 20.7. The molecule has 0 aromatic heterocycles. The number of hydrogen-bond acceptors (Lipinski definition) is 4. The Morgan fingerprint density at radius 2 is 1.47 bits per heavy atom. The van der Waals surface area contributed by atoms with Gasteiger partial charge in [0.25, 0.3) is 5.91 Å². The number of carbonyl (C=O) groups excluding carboxylic acids is 3. The van der Waals surface area contributed by atoms with Crippen molar-refractivity contribution in [3.05, 3.63) is 95.6 Å². The summed E-state index contributed by atoms with van der Waals surface area (Å²) in [6.07, 6.45) is 0.237. The summed E-state index contributed by atoms with van der Waals surface area (Å²) in [4.78, 5) is 43.5. The minimum Gasteiger partial charge on any atom is -0.497 e. The van der Waals surface area contributed by atoms with Crippen molar-refractivity contribution in [3.8, 4) is 5.75 Å². The third kappa shape index (κ3) is 6.10. The molecule has 1 aliphatic rings. The summed E-state index contributed by atoms with van der Waals surface area (Å²) in [5, 5.41) is 0. The standard InChI is InChI=1S/C29H31N3O4/c1-22(33)30-14-16-31(17-15-30)28(34)19-24-10-6-12-26(18-24)32(21-23-8-4-3-5-9-23)29(35)25-11-7-13-27(20-25)36-2/h3-13,18,20H,14-17,19,21H2,1-2H3. The molecule has 3 aromatic rings. The van der Waals surface area contributed by atoms with Crippen molar-refractivity contribution in [3.63, 3.8) is 0 Å². The van der Waals surface area contributed by atoms with E-state index in [1.165, 1.54) is 0 Å². The maximum absolute atomic E-state index is 13.6. The molecule has 1 fully saturated rings. The fourth-order valence-corrected chi connectivity index (χ4v) is 4.35. The number of methoxy groups -OCH3 is 1. The summed E-state index contributed by atoms with van der Waals surface area (Å²) < 4.78 is 5.31. The Labute approximate surface area is 211 Å². The summed E-state index contributed by atoms with van der Waals surface area (Å²) in [7, 11) is 1.58. The molecule has 7 nitrogen and oxygen atoms in total. The molecule has 0 radical (unpaired) electrons. The van der Waals surface area contributed by atoms with Crippen LogP contribution in [0.1, 0.15) is 28.4 Å². The first kappa shape index (κ1) is 25.0. The second-order valence-electron chi connectivity index (χ2n) is 8.84. The van der Waals surface area contributed by atoms with Crippen LogP contribution in [-0.2, 0) is 22.6 Å². The molecule has 0 bridgehead atoms. The first-order valence-corrected chi connectivity index (χ1v) is 12.1. The van der Waals surface area contributed by atoms with Crippen LogP contribution in [0, 0.1) is 0 Å². The molecule has 1 saturated heterocycles. The van der Waals surface area contributed by atoms with E-state index in [0.29, 0.717) is 44.0 Å². The van der Waals surface area contributed by atoms with Gasteiger partial charge in [0.05, 0.1) is 20.1 Å². The molecule has 0 aliphatic carbocycles. The molecule has 0 spiro atoms. The van der Waals surface area contributed by atoms with Gasteiger partial charge in [-0.25, -0.2) is 0 Å². The topological polar surface area (TPSA) is 70.2 Å². The van der Waals surface area contributed by atoms with E-state index in [0.717, 1.165) is 16.8 Å². The van der Waals surface area contributed by atoms with Crippen molar-refractivity contribution >= 4 is 23.4 Å². The van der Waals surface area contributed by atoms with Gasteiger partial charge in [0.1, 0.15) is 5.75 Å². The molecule has 1 aliphatic heterocycles. The molecule has 36 heavy (non-hydrogen) atoms. The van der Waals surface area contributed by atoms with Crippen molar-refractivity contribution in [2.24, 2.45) is 0 Å². The van der Waals surface area contributed by atoms with Gasteiger partial charge in [-0.1, -0.05) is 48.5 Å². The van der Waals surface area contributed by atoms with Crippen LogP contribution in [0.5, 0.6) is 5.75 Å². The van der Waals surface area contributed by atoms with Crippen LogP contribution in [0.15, 0.2) is 78.9 Å². The zero-order chi connectivity index (χ0) is 25.5. The molecule has 3 aromatic carbocycles. The van der Waals surface area contributed by atoms with Gasteiger partial charge in [0, 0.05) is 44.4 Å². The summed E-state index contributed by atoms with van der Waals surface area (Å²) in [5.74, 6) is 0.518. The third-order valence-corrected chi connectivity index (χ3v) is 6.40. The van der Waals surface area contributed by atoms with Gasteiger partial charge in [-0.15, -0.1) is 0 Å². The Balaban J connectivity index is 1.55. The number of ether oxygens (including phenoxy) is 1. The van der Waals surface area contributed by atoms with Crippen molar-refractivity contribution in [2.45, 2.75) is 19.9 Å². The van der Waals surface area contributed by atoms with E-state index in [1.54, 1.807) is 53.0 Å². The van der Waals surface area contributed by atoms with Crippen molar-refractivity contribution in [1.82, 2.24) is 9.80 Å². The quantitative estimate of drug-likeness (QED) is 0.511. The lowest BCUT2D eigenvalue weighted by Crippen LogP contribution is -2.50. The number of anilines is 1. The molecule has 186 valence electrons. The third-order valence-electron chi connectivity index (χ3n) is 6.40. The highest BCUT2D eigenvalue weighted by Gasteiger charge is 2.23. The molecule has 7 heteroatoms. The number of rotatable bonds is 7. The van der Waals surface area contributed by atoms with Crippen LogP contribution < -0.4 is 9.64 Å². The van der Waals surface area contributed by atoms with E-state index in [9.17, 15) is 14.4 Å². The SMILES string of the molecule is COc1cccc(C(=O)N(Cc2ccccc2)c2cccc(CC(=O)N3CCN(C(C)=O)CC3)c2)c1. The summed E-state index contributed by atoms with van der Waals surface area (Å²) in [6.45, 7) is 4.12. The van der Waals surface area contributed by atoms with Gasteiger partial charge in [-0.3, -0.25) is 14.4 Å². The van der Waals surface area contributed by atoms with Crippen LogP contribution in [0.4, 0.5) is 5.69 Å². The highest BCUT2D eigenvalue weighted by molar-refractivity contribution is 6.06. The largest absolute Gasteiger partial charge is 0.497 e. The molecule has 4 rings (SSSR count). The number of benzene rings is 3. The number of hydrogen-bond donors (Lipinski definition) is 0. The fraction of sp³-hybridized carbons (Fsp3) is 0.276. The molecule has 0 atom stereocenters. The van der Waals surface area contributed by atoms with Gasteiger partial charge >= 0.3 is 0 Å². The normalized spacial score (nSPS) is 13.3. The van der Waals surface area contributed by atoms with Crippen LogP contribution in [0.3, 0.4) is 0 Å². The van der Waals surface area contributed by atoms with E-state index < -0.39 is 0 Å². The van der Waals surface area contributed by atoms with Gasteiger partial charge < -0.3 is 19.4 Å². The van der Waals surface area contributed by atoms with Gasteiger partial charge in [-0.05, 0) is 41.5 Å². The maximum Gasteiger partial charge on any atom is 0.258 e. The maximum atomic E-state index is 13.6. The predicted octanol–water partition coefficient (Wildman–Crippen LogP) is 3.78. The van der Waals surface area contributed by atoms with E-state index >= 15 is 0 Å². The summed E-state index contributed by atoms with van der Waals surface area (Å²) >= 11 is 0. The number of piperazine rings is 1. The Hall–Kier alpha value is -4.13. The fourth-order valence-electron chi connectivity index (χ4n) is 4.35. The second kappa shape index (κ2) is 11.5. The highest BCUT2D eigenvalue weighted by Crippen LogP contribution is 2.24. The Morgan fingerprint density at radius 1 is 0.806 bits per heavy atom. The molecule has 0 saturated carbocycles. The van der Waals surface area contributed by atoms with E-state index in [-0.39, 0.29) is 24.1 Å². The van der Waals surface area contributed by atoms with Gasteiger partial charge in [-0.2, -0.15) is 0 Å². The number of nitrogens with zero attached hydrogens (tertiary/aromatic N) is 3. The molecule has 0 N–H and O–H groups in total. The summed E-state index contributed by atoms with van der Waals surface area (Å²) in [6, 6.07) is 24.5. The Kier molecular flexibility index (Phi) is 8.00. The monoisotopic (exact) mass is 485 g/mol. The van der Waals surface area contributed by atoms with Crippen LogP contribution in [-0.4, -0.2) is 60.8 Å². The minimum absolute atomic E-state index is 0.0177. The highest BCUT2D eigenvalue weighted by atomic mass is 16.5. The zero-order valence-electron chi connectivity index (χ0n) is 20.7. The van der Waals surface area contributed by atoms with Gasteiger partial charge in [0.15, 0.2) is 0 Å². The first-order chi connectivity index (χ1) is 17.4. The second-order valence-corrected chi connectivity index (χ2v) is 8.84. The van der Waals surface area contributed by atoms with Crippen LogP contribution in [0.2, 0.25) is 0 Å². The smallest absolute Gasteiger partial charge is 0.258 e. The lowest BCUT2D eigenvalue weighted by molar-refractivity contribution is -0.138. The van der Waals surface area contributed by atoms with Crippen molar-refractivity contribution < 1.29 is 19.1 Å². The Bertz CT molecular complexity index is 1220. The molecular formula is C29H31N3O4. The van der Waals surface area contributed by atoms with Crippen LogP contribution in [0.25, 0.3) is 0 Å². The average Bonchev–Trinajstić information content (AvgIpc) is 2.92. The Morgan fingerprint density at radius 3 is 2.17 bits per heavy atom. The lowest BCUT2D eigenvalue weighted by Gasteiger charge is -2.34. The summed E-state index contributed by atoms with van der Waals surface area (Å²) in [5.41, 5.74) is 3.08. The first-order valence-electron chi connectivity index (χ1n) is 12.1. The molecule has 1 heterocycles. The number of amides is 3. The average molecular weight is 486 g/mol. The van der Waals surface area contributed by atoms with Crippen molar-refractivity contribution in [1.29, 1.82) is 0 Å².